The van der Waals surface area contributed by atoms with Crippen molar-refractivity contribution in [1.82, 2.24) is 15.5 Å². The molecule has 0 spiro atoms. The molecule has 3 fully saturated rings. The molecule has 1 amide bonds. The van der Waals surface area contributed by atoms with Crippen LogP contribution in [0.15, 0.2) is 0 Å². The summed E-state index contributed by atoms with van der Waals surface area (Å²) < 4.78 is 5.76. The van der Waals surface area contributed by atoms with Crippen molar-refractivity contribution in [3.8, 4) is 0 Å². The Morgan fingerprint density at radius 1 is 1.08 bits per heavy atom. The standard InChI is InChI=1S/C19H35N3O2.2ClH/c1-14-12-22(13-15(2)24-14)8-4-3-7-20-19(23)11-16-9-17-5-6-18(10-16)21-17;;/h14-18,21H,3-13H2,1-2H3,(H,20,23);2*1H. The van der Waals surface area contributed by atoms with E-state index in [0.29, 0.717) is 30.2 Å². The molecule has 154 valence electrons. The molecule has 2 bridgehead atoms. The molecule has 0 saturated carbocycles. The number of hydrogen-bond donors (Lipinski definition) is 2. The minimum absolute atomic E-state index is 0. The number of nitrogens with zero attached hydrogens (tertiary/aromatic N) is 1. The molecule has 0 radical (unpaired) electrons. The van der Waals surface area contributed by atoms with E-state index in [1.807, 2.05) is 0 Å². The molecule has 5 nitrogen and oxygen atoms in total. The van der Waals surface area contributed by atoms with Crippen LogP contribution in [-0.2, 0) is 9.53 Å². The number of ether oxygens (including phenoxy) is 1. The molecule has 4 unspecified atom stereocenters. The molecule has 3 rings (SSSR count). The van der Waals surface area contributed by atoms with E-state index < -0.39 is 0 Å². The van der Waals surface area contributed by atoms with Crippen molar-refractivity contribution in [3.63, 3.8) is 0 Å². The van der Waals surface area contributed by atoms with Gasteiger partial charge in [0, 0.05) is 38.1 Å². The first kappa shape index (κ1) is 24.0. The largest absolute Gasteiger partial charge is 0.373 e. The molecule has 0 aromatic carbocycles. The Morgan fingerprint density at radius 2 is 1.69 bits per heavy atom. The van der Waals surface area contributed by atoms with Crippen LogP contribution in [0.5, 0.6) is 0 Å². The molecule has 0 aliphatic carbocycles. The average Bonchev–Trinajstić information content (AvgIpc) is 2.85. The lowest BCUT2D eigenvalue weighted by molar-refractivity contribution is -0.122. The van der Waals surface area contributed by atoms with Crippen molar-refractivity contribution in [1.29, 1.82) is 0 Å². The van der Waals surface area contributed by atoms with E-state index >= 15 is 0 Å². The molecule has 2 N–H and O–H groups in total. The third kappa shape index (κ3) is 7.51. The van der Waals surface area contributed by atoms with Crippen LogP contribution in [0.2, 0.25) is 0 Å². The summed E-state index contributed by atoms with van der Waals surface area (Å²) in [5.74, 6) is 0.856. The van der Waals surface area contributed by atoms with Gasteiger partial charge >= 0.3 is 0 Å². The van der Waals surface area contributed by atoms with Crippen molar-refractivity contribution in [2.45, 2.75) is 83.1 Å². The maximum Gasteiger partial charge on any atom is 0.220 e. The first-order valence-corrected chi connectivity index (χ1v) is 9.99. The molecular formula is C19H37Cl2N3O2. The van der Waals surface area contributed by atoms with E-state index in [1.54, 1.807) is 0 Å². The Labute approximate surface area is 171 Å². The fourth-order valence-corrected chi connectivity index (χ4v) is 4.83. The second-order valence-corrected chi connectivity index (χ2v) is 8.25. The smallest absolute Gasteiger partial charge is 0.220 e. The number of piperidine rings is 1. The quantitative estimate of drug-likeness (QED) is 0.634. The molecule has 0 aromatic heterocycles. The van der Waals surface area contributed by atoms with Crippen molar-refractivity contribution < 1.29 is 9.53 Å². The number of hydrogen-bond acceptors (Lipinski definition) is 4. The number of nitrogens with one attached hydrogen (secondary N) is 2. The Bertz CT molecular complexity index is 406. The second kappa shape index (κ2) is 11.7. The lowest BCUT2D eigenvalue weighted by atomic mass is 9.89. The van der Waals surface area contributed by atoms with E-state index in [9.17, 15) is 4.79 Å². The first-order chi connectivity index (χ1) is 11.6. The van der Waals surface area contributed by atoms with E-state index in [-0.39, 0.29) is 30.7 Å². The highest BCUT2D eigenvalue weighted by molar-refractivity contribution is 5.85. The highest BCUT2D eigenvalue weighted by Gasteiger charge is 2.34. The molecule has 3 aliphatic rings. The monoisotopic (exact) mass is 409 g/mol. The van der Waals surface area contributed by atoms with Crippen LogP contribution in [0.4, 0.5) is 0 Å². The molecule has 4 atom stereocenters. The van der Waals surface area contributed by atoms with Gasteiger partial charge in [0.15, 0.2) is 0 Å². The van der Waals surface area contributed by atoms with E-state index in [2.05, 4.69) is 29.4 Å². The summed E-state index contributed by atoms with van der Waals surface area (Å²) in [4.78, 5) is 14.6. The third-order valence-electron chi connectivity index (χ3n) is 5.76. The van der Waals surface area contributed by atoms with Crippen LogP contribution in [0, 0.1) is 5.92 Å². The summed E-state index contributed by atoms with van der Waals surface area (Å²) in [6.07, 6.45) is 8.63. The highest BCUT2D eigenvalue weighted by atomic mass is 35.5. The lowest BCUT2D eigenvalue weighted by Crippen LogP contribution is -2.45. The van der Waals surface area contributed by atoms with E-state index in [4.69, 9.17) is 4.74 Å². The van der Waals surface area contributed by atoms with Gasteiger partial charge in [0.1, 0.15) is 0 Å². The van der Waals surface area contributed by atoms with Crippen LogP contribution < -0.4 is 10.6 Å². The zero-order valence-corrected chi connectivity index (χ0v) is 17.9. The fraction of sp³-hybridized carbons (Fsp3) is 0.947. The number of morpholine rings is 1. The summed E-state index contributed by atoms with van der Waals surface area (Å²) in [5.41, 5.74) is 0. The van der Waals surface area contributed by atoms with Crippen LogP contribution >= 0.6 is 24.8 Å². The average molecular weight is 410 g/mol. The Morgan fingerprint density at radius 3 is 2.31 bits per heavy atom. The van der Waals surface area contributed by atoms with Crippen LogP contribution in [0.1, 0.15) is 58.8 Å². The number of rotatable bonds is 7. The Balaban J connectivity index is 0.00000169. The summed E-state index contributed by atoms with van der Waals surface area (Å²) in [6.45, 7) is 8.31. The van der Waals surface area contributed by atoms with Gasteiger partial charge in [-0.1, -0.05) is 0 Å². The zero-order chi connectivity index (χ0) is 16.9. The predicted octanol–water partition coefficient (Wildman–Crippen LogP) is 2.76. The van der Waals surface area contributed by atoms with Crippen molar-refractivity contribution >= 4 is 30.7 Å². The van der Waals surface area contributed by atoms with Crippen molar-refractivity contribution in [3.05, 3.63) is 0 Å². The summed E-state index contributed by atoms with van der Waals surface area (Å²) in [7, 11) is 0. The highest BCUT2D eigenvalue weighted by Crippen LogP contribution is 2.32. The number of unbranched alkanes of at least 4 members (excludes halogenated alkanes) is 1. The van der Waals surface area contributed by atoms with Crippen molar-refractivity contribution in [2.24, 2.45) is 5.92 Å². The predicted molar refractivity (Wildman–Crippen MR) is 110 cm³/mol. The van der Waals surface area contributed by atoms with Gasteiger partial charge in [0.25, 0.3) is 0 Å². The van der Waals surface area contributed by atoms with Crippen LogP contribution in [0.25, 0.3) is 0 Å². The maximum atomic E-state index is 12.1. The number of fused-ring (bicyclic) bond motifs is 2. The van der Waals surface area contributed by atoms with Gasteiger partial charge < -0.3 is 15.4 Å². The maximum absolute atomic E-state index is 12.1. The third-order valence-corrected chi connectivity index (χ3v) is 5.76. The summed E-state index contributed by atoms with van der Waals surface area (Å²) in [5, 5.41) is 6.78. The molecule has 7 heteroatoms. The normalized spacial score (nSPS) is 33.8. The number of carbonyl (C=O) groups is 1. The molecule has 3 saturated heterocycles. The van der Waals surface area contributed by atoms with Crippen molar-refractivity contribution in [2.75, 3.05) is 26.2 Å². The van der Waals surface area contributed by atoms with E-state index in [0.717, 1.165) is 45.4 Å². The number of carbonyl (C=O) groups excluding carboxylic acids is 1. The Hall–Kier alpha value is -0.0700. The fourth-order valence-electron chi connectivity index (χ4n) is 4.83. The number of halogens is 2. The second-order valence-electron chi connectivity index (χ2n) is 8.25. The van der Waals surface area contributed by atoms with Gasteiger partial charge in [-0.15, -0.1) is 24.8 Å². The topological polar surface area (TPSA) is 53.6 Å². The first-order valence-electron chi connectivity index (χ1n) is 9.99. The molecule has 0 aromatic rings. The van der Waals surface area contributed by atoms with Crippen LogP contribution in [-0.4, -0.2) is 61.3 Å². The van der Waals surface area contributed by atoms with Crippen LogP contribution in [0.3, 0.4) is 0 Å². The van der Waals surface area contributed by atoms with Gasteiger partial charge in [-0.3, -0.25) is 9.69 Å². The van der Waals surface area contributed by atoms with Gasteiger partial charge in [-0.05, 0) is 64.8 Å². The molecule has 3 heterocycles. The molecule has 26 heavy (non-hydrogen) atoms. The molecular weight excluding hydrogens is 373 g/mol. The zero-order valence-electron chi connectivity index (χ0n) is 16.2. The Kier molecular flexibility index (Phi) is 10.8. The van der Waals surface area contributed by atoms with Gasteiger partial charge in [-0.25, -0.2) is 0 Å². The molecule has 3 aliphatic heterocycles. The van der Waals surface area contributed by atoms with Gasteiger partial charge in [0.2, 0.25) is 5.91 Å². The minimum atomic E-state index is 0. The van der Waals surface area contributed by atoms with E-state index in [1.165, 1.54) is 25.7 Å². The lowest BCUT2D eigenvalue weighted by Gasteiger charge is -2.35. The SMILES string of the molecule is CC1CN(CCCCNC(=O)CC2CC3CCC(C2)N3)CC(C)O1.Cl.Cl. The summed E-state index contributed by atoms with van der Waals surface area (Å²) >= 11 is 0. The van der Waals surface area contributed by atoms with Gasteiger partial charge in [-0.2, -0.15) is 0 Å². The minimum Gasteiger partial charge on any atom is -0.373 e. The summed E-state index contributed by atoms with van der Waals surface area (Å²) in [6, 6.07) is 1.36. The number of amides is 1. The van der Waals surface area contributed by atoms with Gasteiger partial charge in [0.05, 0.1) is 12.2 Å².